The predicted octanol–water partition coefficient (Wildman–Crippen LogP) is 2.48. The van der Waals surface area contributed by atoms with Crippen LogP contribution in [0, 0.1) is 5.41 Å². The summed E-state index contributed by atoms with van der Waals surface area (Å²) in [5.74, 6) is -0.0907. The van der Waals surface area contributed by atoms with Crippen molar-refractivity contribution < 1.29 is 18.4 Å². The number of Topliss-reactive ketones (excluding diaryl/α,β-unsaturated/α-hetero) is 1. The highest BCUT2D eigenvalue weighted by Gasteiger charge is 2.33. The summed E-state index contributed by atoms with van der Waals surface area (Å²) < 4.78 is 21.1. The molecular weight excluding hydrogens is 203 g/mol. The zero-order valence-corrected chi connectivity index (χ0v) is 10.4. The van der Waals surface area contributed by atoms with Gasteiger partial charge in [0.1, 0.15) is 11.9 Å². The van der Waals surface area contributed by atoms with Gasteiger partial charge in [0.15, 0.2) is 0 Å². The monoisotopic (exact) mass is 222 g/mol. The van der Waals surface area contributed by atoms with Gasteiger partial charge in [0.05, 0.1) is 0 Å². The summed E-state index contributed by atoms with van der Waals surface area (Å²) in [4.78, 5) is 11.7. The van der Waals surface area contributed by atoms with Crippen molar-refractivity contribution in [3.05, 3.63) is 0 Å². The molecule has 0 heterocycles. The molecule has 4 nitrogen and oxygen atoms in total. The molecule has 0 aliphatic carbocycles. The molecule has 0 fully saturated rings. The molecule has 0 aliphatic rings. The largest absolute Gasteiger partial charge is 0.337 e. The summed E-state index contributed by atoms with van der Waals surface area (Å²) in [6.07, 6.45) is 0.556. The molecule has 84 valence electrons. The van der Waals surface area contributed by atoms with E-state index in [0.29, 0.717) is 6.42 Å². The second-order valence-electron chi connectivity index (χ2n) is 3.79. The molecule has 0 aromatic rings. The third-order valence-corrected chi connectivity index (χ3v) is 4.32. The number of carbonyl (C=O) groups is 1. The van der Waals surface area contributed by atoms with E-state index in [9.17, 15) is 9.36 Å². The first kappa shape index (κ1) is 13.8. The van der Waals surface area contributed by atoms with Gasteiger partial charge in [-0.2, -0.15) is 0 Å². The Bertz CT molecular complexity index is 239. The Morgan fingerprint density at radius 2 is 1.71 bits per heavy atom. The Morgan fingerprint density at radius 1 is 1.29 bits per heavy atom. The number of rotatable bonds is 6. The summed E-state index contributed by atoms with van der Waals surface area (Å²) in [5.41, 5.74) is -0.466. The van der Waals surface area contributed by atoms with Crippen LogP contribution in [-0.4, -0.2) is 26.2 Å². The highest BCUT2D eigenvalue weighted by Crippen LogP contribution is 2.47. The van der Waals surface area contributed by atoms with Crippen molar-refractivity contribution in [1.82, 2.24) is 0 Å². The molecule has 0 unspecified atom stereocenters. The van der Waals surface area contributed by atoms with Crippen LogP contribution >= 0.6 is 7.60 Å². The van der Waals surface area contributed by atoms with Gasteiger partial charge in [0.25, 0.3) is 0 Å². The average Bonchev–Trinajstić information content (AvgIpc) is 2.17. The minimum absolute atomic E-state index is 0.0907. The van der Waals surface area contributed by atoms with Crippen LogP contribution < -0.4 is 0 Å². The van der Waals surface area contributed by atoms with E-state index in [0.717, 1.165) is 0 Å². The van der Waals surface area contributed by atoms with Crippen molar-refractivity contribution in [2.75, 3.05) is 20.4 Å². The van der Waals surface area contributed by atoms with Gasteiger partial charge in [-0.1, -0.05) is 20.8 Å². The topological polar surface area (TPSA) is 52.6 Å². The predicted molar refractivity (Wildman–Crippen MR) is 55.6 cm³/mol. The smallest absolute Gasteiger partial charge is 0.312 e. The molecule has 0 atom stereocenters. The Hall–Kier alpha value is -0.180. The van der Waals surface area contributed by atoms with Crippen LogP contribution in [0.2, 0.25) is 0 Å². The van der Waals surface area contributed by atoms with Gasteiger partial charge in [-0.3, -0.25) is 9.36 Å². The third-order valence-electron chi connectivity index (χ3n) is 2.53. The lowest BCUT2D eigenvalue weighted by Gasteiger charge is -2.22. The molecule has 0 N–H and O–H groups in total. The number of hydrogen-bond donors (Lipinski definition) is 0. The molecule has 0 radical (unpaired) electrons. The Labute approximate surface area is 85.5 Å². The number of carbonyl (C=O) groups excluding carboxylic acids is 1. The summed E-state index contributed by atoms with van der Waals surface area (Å²) in [6, 6.07) is 0. The second-order valence-corrected chi connectivity index (χ2v) is 6.06. The summed E-state index contributed by atoms with van der Waals surface area (Å²) in [5, 5.41) is 0. The first-order valence-electron chi connectivity index (χ1n) is 4.55. The highest BCUT2D eigenvalue weighted by atomic mass is 31.2. The van der Waals surface area contributed by atoms with Gasteiger partial charge >= 0.3 is 7.60 Å². The fourth-order valence-electron chi connectivity index (χ4n) is 0.791. The summed E-state index contributed by atoms with van der Waals surface area (Å²) in [7, 11) is -0.620. The van der Waals surface area contributed by atoms with Crippen LogP contribution in [-0.2, 0) is 18.4 Å². The lowest BCUT2D eigenvalue weighted by Crippen LogP contribution is -2.26. The minimum atomic E-state index is -3.20. The van der Waals surface area contributed by atoms with Gasteiger partial charge in [-0.15, -0.1) is 0 Å². The molecule has 0 rings (SSSR count). The molecule has 0 aromatic carbocycles. The maximum Gasteiger partial charge on any atom is 0.337 e. The first-order valence-corrected chi connectivity index (χ1v) is 6.28. The highest BCUT2D eigenvalue weighted by molar-refractivity contribution is 7.54. The molecule has 14 heavy (non-hydrogen) atoms. The van der Waals surface area contributed by atoms with Crippen LogP contribution in [0.5, 0.6) is 0 Å². The Balaban J connectivity index is 4.54. The molecular formula is C9H19O4P. The number of ketones is 1. The van der Waals surface area contributed by atoms with Gasteiger partial charge in [0.2, 0.25) is 0 Å². The molecule has 0 spiro atoms. The second kappa shape index (κ2) is 5.06. The van der Waals surface area contributed by atoms with E-state index in [4.69, 9.17) is 9.05 Å². The maximum atomic E-state index is 11.7. The van der Waals surface area contributed by atoms with Gasteiger partial charge in [0, 0.05) is 19.6 Å². The van der Waals surface area contributed by atoms with Crippen molar-refractivity contribution in [3.63, 3.8) is 0 Å². The summed E-state index contributed by atoms with van der Waals surface area (Å²) in [6.45, 7) is 5.57. The zero-order valence-electron chi connectivity index (χ0n) is 9.49. The van der Waals surface area contributed by atoms with E-state index in [1.807, 2.05) is 20.8 Å². The van der Waals surface area contributed by atoms with E-state index in [-0.39, 0.29) is 11.9 Å². The quantitative estimate of drug-likeness (QED) is 0.648. The van der Waals surface area contributed by atoms with E-state index >= 15 is 0 Å². The van der Waals surface area contributed by atoms with Crippen LogP contribution in [0.4, 0.5) is 0 Å². The van der Waals surface area contributed by atoms with E-state index in [2.05, 4.69) is 0 Å². The molecule has 0 saturated heterocycles. The fourth-order valence-corrected chi connectivity index (χ4v) is 1.98. The van der Waals surface area contributed by atoms with Crippen LogP contribution in [0.3, 0.4) is 0 Å². The standard InChI is InChI=1S/C9H19O4P/c1-6-9(2,3)8(10)7-14(11,12-4)13-5/h6-7H2,1-5H3. The lowest BCUT2D eigenvalue weighted by atomic mass is 9.86. The average molecular weight is 222 g/mol. The molecule has 0 saturated carbocycles. The fraction of sp³-hybridized carbons (Fsp3) is 0.889. The Kier molecular flexibility index (Phi) is 4.99. The van der Waals surface area contributed by atoms with Crippen LogP contribution in [0.1, 0.15) is 27.2 Å². The maximum absolute atomic E-state index is 11.7. The van der Waals surface area contributed by atoms with Crippen LogP contribution in [0.15, 0.2) is 0 Å². The number of hydrogen-bond acceptors (Lipinski definition) is 4. The normalized spacial score (nSPS) is 12.9. The van der Waals surface area contributed by atoms with Gasteiger partial charge < -0.3 is 9.05 Å². The SMILES string of the molecule is CCC(C)(C)C(=O)CP(=O)(OC)OC. The third kappa shape index (κ3) is 3.52. The zero-order chi connectivity index (χ0) is 11.4. The van der Waals surface area contributed by atoms with Gasteiger partial charge in [-0.05, 0) is 6.42 Å². The molecule has 0 bridgehead atoms. The van der Waals surface area contributed by atoms with Crippen molar-refractivity contribution in [2.24, 2.45) is 5.41 Å². The molecule has 0 aromatic heterocycles. The van der Waals surface area contributed by atoms with E-state index in [1.165, 1.54) is 14.2 Å². The lowest BCUT2D eigenvalue weighted by molar-refractivity contribution is -0.124. The molecule has 0 aliphatic heterocycles. The van der Waals surface area contributed by atoms with Crippen molar-refractivity contribution in [3.8, 4) is 0 Å². The summed E-state index contributed by atoms with van der Waals surface area (Å²) >= 11 is 0. The van der Waals surface area contributed by atoms with Crippen molar-refractivity contribution in [1.29, 1.82) is 0 Å². The Morgan fingerprint density at radius 3 is 2.00 bits per heavy atom. The van der Waals surface area contributed by atoms with E-state index in [1.54, 1.807) is 0 Å². The van der Waals surface area contributed by atoms with Crippen molar-refractivity contribution >= 4 is 13.4 Å². The van der Waals surface area contributed by atoms with E-state index < -0.39 is 13.0 Å². The van der Waals surface area contributed by atoms with Crippen molar-refractivity contribution in [2.45, 2.75) is 27.2 Å². The molecule has 5 heteroatoms. The molecule has 0 amide bonds. The minimum Gasteiger partial charge on any atom is -0.312 e. The van der Waals surface area contributed by atoms with Crippen LogP contribution in [0.25, 0.3) is 0 Å². The first-order chi connectivity index (χ1) is 6.31. The van der Waals surface area contributed by atoms with Gasteiger partial charge in [-0.25, -0.2) is 0 Å².